The Labute approximate surface area is 97.6 Å². The fourth-order valence-corrected chi connectivity index (χ4v) is 1.92. The first-order valence-corrected chi connectivity index (χ1v) is 6.28. The highest BCUT2D eigenvalue weighted by Gasteiger charge is 2.22. The first kappa shape index (κ1) is 13.5. The lowest BCUT2D eigenvalue weighted by molar-refractivity contribution is -0.140. The summed E-state index contributed by atoms with van der Waals surface area (Å²) >= 11 is 0. The van der Waals surface area contributed by atoms with Crippen LogP contribution in [0.5, 0.6) is 0 Å². The molecule has 0 saturated carbocycles. The van der Waals surface area contributed by atoms with Gasteiger partial charge in [-0.2, -0.15) is 0 Å². The Morgan fingerprint density at radius 1 is 1.44 bits per heavy atom. The molecule has 1 unspecified atom stereocenters. The number of ether oxygens (including phenoxy) is 1. The summed E-state index contributed by atoms with van der Waals surface area (Å²) in [4.78, 5) is 13.6. The van der Waals surface area contributed by atoms with E-state index >= 15 is 0 Å². The predicted octanol–water partition coefficient (Wildman–Crippen LogP) is 1.18. The van der Waals surface area contributed by atoms with Crippen molar-refractivity contribution in [1.82, 2.24) is 4.90 Å². The molecule has 1 aliphatic heterocycles. The number of aliphatic hydroxyl groups is 1. The van der Waals surface area contributed by atoms with Gasteiger partial charge in [0.1, 0.15) is 0 Å². The first-order valence-electron chi connectivity index (χ1n) is 6.28. The second kappa shape index (κ2) is 7.63. The molecule has 1 N–H and O–H groups in total. The van der Waals surface area contributed by atoms with Crippen molar-refractivity contribution in [2.45, 2.75) is 45.1 Å². The van der Waals surface area contributed by atoms with Crippen LogP contribution in [0.2, 0.25) is 0 Å². The van der Waals surface area contributed by atoms with Crippen molar-refractivity contribution >= 4 is 5.91 Å². The molecular weight excluding hydrogens is 206 g/mol. The molecule has 1 amide bonds. The minimum Gasteiger partial charge on any atom is -0.394 e. The minimum absolute atomic E-state index is 0.000382. The summed E-state index contributed by atoms with van der Waals surface area (Å²) in [6.07, 6.45) is 4.96. The molecule has 16 heavy (non-hydrogen) atoms. The number of rotatable bonds is 6. The van der Waals surface area contributed by atoms with Crippen LogP contribution in [0, 0.1) is 0 Å². The van der Waals surface area contributed by atoms with Crippen LogP contribution in [0.25, 0.3) is 0 Å². The Bertz CT molecular complexity index is 208. The van der Waals surface area contributed by atoms with E-state index in [1.165, 1.54) is 12.8 Å². The molecular formula is C12H23NO3. The zero-order valence-corrected chi connectivity index (χ0v) is 10.2. The van der Waals surface area contributed by atoms with Gasteiger partial charge in [0.2, 0.25) is 5.91 Å². The Morgan fingerprint density at radius 2 is 2.25 bits per heavy atom. The number of carbonyl (C=O) groups is 1. The van der Waals surface area contributed by atoms with Crippen LogP contribution >= 0.6 is 0 Å². The summed E-state index contributed by atoms with van der Waals surface area (Å²) in [5.41, 5.74) is 0. The number of hydrogen-bond donors (Lipinski definition) is 1. The summed E-state index contributed by atoms with van der Waals surface area (Å²) in [5, 5.41) is 8.97. The average molecular weight is 229 g/mol. The molecule has 0 aromatic carbocycles. The molecule has 1 fully saturated rings. The fraction of sp³-hybridized carbons (Fsp3) is 0.917. The van der Waals surface area contributed by atoms with E-state index in [-0.39, 0.29) is 18.6 Å². The summed E-state index contributed by atoms with van der Waals surface area (Å²) < 4.78 is 5.31. The Morgan fingerprint density at radius 3 is 2.94 bits per heavy atom. The lowest BCUT2D eigenvalue weighted by Gasteiger charge is -2.32. The Balaban J connectivity index is 2.19. The molecule has 1 saturated heterocycles. The number of morpholine rings is 1. The van der Waals surface area contributed by atoms with Crippen molar-refractivity contribution in [2.24, 2.45) is 0 Å². The molecule has 1 aliphatic rings. The zero-order valence-electron chi connectivity index (χ0n) is 10.2. The lowest BCUT2D eigenvalue weighted by Crippen LogP contribution is -2.46. The van der Waals surface area contributed by atoms with Crippen molar-refractivity contribution in [3.63, 3.8) is 0 Å². The second-order valence-electron chi connectivity index (χ2n) is 4.33. The van der Waals surface area contributed by atoms with Crippen LogP contribution in [-0.4, -0.2) is 48.3 Å². The normalized spacial score (nSPS) is 21.1. The summed E-state index contributed by atoms with van der Waals surface area (Å²) in [5.74, 6) is 0.206. The molecule has 4 heteroatoms. The van der Waals surface area contributed by atoms with Crippen molar-refractivity contribution in [2.75, 3.05) is 26.3 Å². The lowest BCUT2D eigenvalue weighted by atomic mass is 10.1. The van der Waals surface area contributed by atoms with E-state index in [0.29, 0.717) is 26.1 Å². The maximum absolute atomic E-state index is 11.8. The van der Waals surface area contributed by atoms with Crippen molar-refractivity contribution in [3.8, 4) is 0 Å². The average Bonchev–Trinajstić information content (AvgIpc) is 2.34. The smallest absolute Gasteiger partial charge is 0.222 e. The van der Waals surface area contributed by atoms with E-state index in [0.717, 1.165) is 12.8 Å². The molecule has 4 nitrogen and oxygen atoms in total. The summed E-state index contributed by atoms with van der Waals surface area (Å²) in [7, 11) is 0. The van der Waals surface area contributed by atoms with E-state index < -0.39 is 0 Å². The molecule has 0 spiro atoms. The standard InChI is InChI=1S/C12H23NO3/c1-2-3-4-5-6-12(15)13-7-8-16-11(9-13)10-14/h11,14H,2-10H2,1H3. The number of unbranched alkanes of at least 4 members (excludes halogenated alkanes) is 3. The monoisotopic (exact) mass is 229 g/mol. The van der Waals surface area contributed by atoms with Gasteiger partial charge in [0, 0.05) is 19.5 Å². The first-order chi connectivity index (χ1) is 7.77. The van der Waals surface area contributed by atoms with Crippen molar-refractivity contribution in [1.29, 1.82) is 0 Å². The van der Waals surface area contributed by atoms with Gasteiger partial charge in [-0.15, -0.1) is 0 Å². The molecule has 0 aromatic heterocycles. The van der Waals surface area contributed by atoms with Crippen molar-refractivity contribution < 1.29 is 14.6 Å². The van der Waals surface area contributed by atoms with Gasteiger partial charge in [0.15, 0.2) is 0 Å². The van der Waals surface area contributed by atoms with Crippen LogP contribution in [0.1, 0.15) is 39.0 Å². The maximum atomic E-state index is 11.8. The van der Waals surface area contributed by atoms with Crippen LogP contribution < -0.4 is 0 Å². The van der Waals surface area contributed by atoms with Gasteiger partial charge in [0.05, 0.1) is 19.3 Å². The highest BCUT2D eigenvalue weighted by atomic mass is 16.5. The van der Waals surface area contributed by atoms with E-state index in [9.17, 15) is 4.79 Å². The van der Waals surface area contributed by atoms with Crippen LogP contribution in [0.3, 0.4) is 0 Å². The second-order valence-corrected chi connectivity index (χ2v) is 4.33. The zero-order chi connectivity index (χ0) is 11.8. The van der Waals surface area contributed by atoms with Gasteiger partial charge in [-0.3, -0.25) is 4.79 Å². The maximum Gasteiger partial charge on any atom is 0.222 e. The molecule has 94 valence electrons. The fourth-order valence-electron chi connectivity index (χ4n) is 1.92. The van der Waals surface area contributed by atoms with E-state index in [1.807, 2.05) is 4.90 Å². The van der Waals surface area contributed by atoms with Gasteiger partial charge < -0.3 is 14.7 Å². The number of nitrogens with zero attached hydrogens (tertiary/aromatic N) is 1. The molecule has 1 atom stereocenters. The topological polar surface area (TPSA) is 49.8 Å². The van der Waals surface area contributed by atoms with E-state index in [4.69, 9.17) is 9.84 Å². The highest BCUT2D eigenvalue weighted by Crippen LogP contribution is 2.09. The van der Waals surface area contributed by atoms with Gasteiger partial charge in [0.25, 0.3) is 0 Å². The van der Waals surface area contributed by atoms with Gasteiger partial charge in [-0.1, -0.05) is 26.2 Å². The largest absolute Gasteiger partial charge is 0.394 e. The quantitative estimate of drug-likeness (QED) is 0.696. The van der Waals surface area contributed by atoms with Crippen LogP contribution in [0.15, 0.2) is 0 Å². The van der Waals surface area contributed by atoms with Gasteiger partial charge in [-0.25, -0.2) is 0 Å². The van der Waals surface area contributed by atoms with Crippen LogP contribution in [-0.2, 0) is 9.53 Å². The number of amides is 1. The Hall–Kier alpha value is -0.610. The molecule has 1 rings (SSSR count). The number of aliphatic hydroxyl groups excluding tert-OH is 1. The molecule has 0 bridgehead atoms. The van der Waals surface area contributed by atoms with E-state index in [2.05, 4.69) is 6.92 Å². The van der Waals surface area contributed by atoms with Crippen LogP contribution in [0.4, 0.5) is 0 Å². The third-order valence-electron chi connectivity index (χ3n) is 2.94. The van der Waals surface area contributed by atoms with E-state index in [1.54, 1.807) is 0 Å². The number of carbonyl (C=O) groups excluding carboxylic acids is 1. The summed E-state index contributed by atoms with van der Waals surface area (Å²) in [6.45, 7) is 3.92. The summed E-state index contributed by atoms with van der Waals surface area (Å²) in [6, 6.07) is 0. The van der Waals surface area contributed by atoms with Gasteiger partial charge in [-0.05, 0) is 6.42 Å². The highest BCUT2D eigenvalue weighted by molar-refractivity contribution is 5.76. The van der Waals surface area contributed by atoms with Crippen molar-refractivity contribution in [3.05, 3.63) is 0 Å². The SMILES string of the molecule is CCCCCCC(=O)N1CCOC(CO)C1. The third-order valence-corrected chi connectivity index (χ3v) is 2.94. The molecule has 0 radical (unpaired) electrons. The molecule has 1 heterocycles. The molecule has 0 aliphatic carbocycles. The molecule has 0 aromatic rings. The minimum atomic E-state index is -0.187. The third kappa shape index (κ3) is 4.49. The van der Waals surface area contributed by atoms with Gasteiger partial charge >= 0.3 is 0 Å². The number of hydrogen-bond acceptors (Lipinski definition) is 3. The Kier molecular flexibility index (Phi) is 6.42. The predicted molar refractivity (Wildman–Crippen MR) is 62.2 cm³/mol.